The Bertz CT molecular complexity index is 607. The molecule has 0 spiro atoms. The highest BCUT2D eigenvalue weighted by molar-refractivity contribution is 5.82. The van der Waals surface area contributed by atoms with Crippen molar-refractivity contribution in [3.05, 3.63) is 65.7 Å². The molecule has 2 aromatic rings. The summed E-state index contributed by atoms with van der Waals surface area (Å²) in [6.45, 7) is 2.50. The molecule has 2 rings (SSSR count). The molecule has 0 aromatic heterocycles. The Morgan fingerprint density at radius 2 is 1.86 bits per heavy atom. The van der Waals surface area contributed by atoms with Gasteiger partial charge in [0.25, 0.3) is 0 Å². The summed E-state index contributed by atoms with van der Waals surface area (Å²) in [6.07, 6.45) is 2.92. The fraction of sp³-hybridized carbons (Fsp3) is 0.222. The maximum atomic E-state index is 11.3. The second-order valence-electron chi connectivity index (χ2n) is 4.89. The van der Waals surface area contributed by atoms with E-state index >= 15 is 0 Å². The van der Waals surface area contributed by atoms with Crippen LogP contribution < -0.4 is 10.2 Å². The second-order valence-corrected chi connectivity index (χ2v) is 4.89. The number of carbonyl (C=O) groups is 1. The topological polar surface area (TPSA) is 50.7 Å². The van der Waals surface area contributed by atoms with E-state index in [-0.39, 0.29) is 5.91 Å². The molecule has 0 aliphatic rings. The molecule has 22 heavy (non-hydrogen) atoms. The second kappa shape index (κ2) is 8.62. The van der Waals surface area contributed by atoms with E-state index < -0.39 is 0 Å². The Morgan fingerprint density at radius 3 is 2.55 bits per heavy atom. The van der Waals surface area contributed by atoms with Gasteiger partial charge in [0.05, 0.1) is 6.21 Å². The van der Waals surface area contributed by atoms with Crippen molar-refractivity contribution in [3.8, 4) is 5.75 Å². The van der Waals surface area contributed by atoms with Crippen LogP contribution in [0.5, 0.6) is 5.75 Å². The van der Waals surface area contributed by atoms with Crippen LogP contribution in [0.15, 0.2) is 59.7 Å². The van der Waals surface area contributed by atoms with Crippen molar-refractivity contribution in [2.45, 2.75) is 26.4 Å². The Labute approximate surface area is 130 Å². The monoisotopic (exact) mass is 296 g/mol. The zero-order valence-corrected chi connectivity index (χ0v) is 12.7. The Kier molecular flexibility index (Phi) is 6.18. The van der Waals surface area contributed by atoms with Crippen LogP contribution in [0.4, 0.5) is 0 Å². The standard InChI is InChI=1S/C18H20N2O2/c1-2-6-18(21)20-19-13-15-9-11-17(12-10-15)22-14-16-7-4-3-5-8-16/h3-5,7-13H,2,6,14H2,1H3,(H,20,21)/b19-13+. The molecule has 0 radical (unpaired) electrons. The molecule has 4 heteroatoms. The van der Waals surface area contributed by atoms with Gasteiger partial charge in [0, 0.05) is 6.42 Å². The lowest BCUT2D eigenvalue weighted by Gasteiger charge is -2.06. The number of rotatable bonds is 7. The smallest absolute Gasteiger partial charge is 0.240 e. The maximum absolute atomic E-state index is 11.3. The number of carbonyl (C=O) groups excluding carboxylic acids is 1. The Morgan fingerprint density at radius 1 is 1.14 bits per heavy atom. The molecule has 0 saturated carbocycles. The first-order valence-electron chi connectivity index (χ1n) is 7.36. The summed E-state index contributed by atoms with van der Waals surface area (Å²) >= 11 is 0. The largest absolute Gasteiger partial charge is 0.489 e. The third-order valence-electron chi connectivity index (χ3n) is 3.01. The van der Waals surface area contributed by atoms with E-state index in [2.05, 4.69) is 10.5 Å². The minimum absolute atomic E-state index is 0.0680. The molecule has 0 fully saturated rings. The number of nitrogens with zero attached hydrogens (tertiary/aromatic N) is 1. The predicted molar refractivity (Wildman–Crippen MR) is 87.9 cm³/mol. The lowest BCUT2D eigenvalue weighted by molar-refractivity contribution is -0.121. The fourth-order valence-corrected chi connectivity index (χ4v) is 1.85. The van der Waals surface area contributed by atoms with Crippen LogP contribution in [-0.4, -0.2) is 12.1 Å². The van der Waals surface area contributed by atoms with Crippen LogP contribution in [0.25, 0.3) is 0 Å². The molecule has 0 aliphatic carbocycles. The molecule has 1 amide bonds. The summed E-state index contributed by atoms with van der Waals surface area (Å²) in [7, 11) is 0. The van der Waals surface area contributed by atoms with E-state index in [1.54, 1.807) is 6.21 Å². The number of amides is 1. The molecule has 4 nitrogen and oxygen atoms in total. The lowest BCUT2D eigenvalue weighted by atomic mass is 10.2. The average molecular weight is 296 g/mol. The highest BCUT2D eigenvalue weighted by atomic mass is 16.5. The summed E-state index contributed by atoms with van der Waals surface area (Å²) in [5.41, 5.74) is 4.53. The molecular formula is C18H20N2O2. The summed E-state index contributed by atoms with van der Waals surface area (Å²) in [5, 5.41) is 3.92. The van der Waals surface area contributed by atoms with Gasteiger partial charge in [-0.3, -0.25) is 4.79 Å². The molecule has 0 bridgehead atoms. The van der Waals surface area contributed by atoms with Crippen LogP contribution in [0.3, 0.4) is 0 Å². The average Bonchev–Trinajstić information content (AvgIpc) is 2.55. The van der Waals surface area contributed by atoms with Gasteiger partial charge in [-0.15, -0.1) is 0 Å². The summed E-state index contributed by atoms with van der Waals surface area (Å²) in [5.74, 6) is 0.734. The maximum Gasteiger partial charge on any atom is 0.240 e. The van der Waals surface area contributed by atoms with Gasteiger partial charge in [-0.2, -0.15) is 5.10 Å². The van der Waals surface area contributed by atoms with Crippen LogP contribution >= 0.6 is 0 Å². The van der Waals surface area contributed by atoms with E-state index in [0.29, 0.717) is 13.0 Å². The van der Waals surface area contributed by atoms with Crippen LogP contribution in [0.1, 0.15) is 30.9 Å². The predicted octanol–water partition coefficient (Wildman–Crippen LogP) is 3.52. The minimum atomic E-state index is -0.0680. The van der Waals surface area contributed by atoms with Gasteiger partial charge in [-0.25, -0.2) is 5.43 Å². The van der Waals surface area contributed by atoms with Crippen LogP contribution in [-0.2, 0) is 11.4 Å². The van der Waals surface area contributed by atoms with Crippen molar-refractivity contribution in [1.82, 2.24) is 5.43 Å². The molecule has 0 atom stereocenters. The number of nitrogens with one attached hydrogen (secondary N) is 1. The van der Waals surface area contributed by atoms with Gasteiger partial charge in [0.1, 0.15) is 12.4 Å². The molecule has 0 saturated heterocycles. The molecule has 0 heterocycles. The van der Waals surface area contributed by atoms with Crippen LogP contribution in [0.2, 0.25) is 0 Å². The summed E-state index contributed by atoms with van der Waals surface area (Å²) in [4.78, 5) is 11.3. The number of hydrogen-bond acceptors (Lipinski definition) is 3. The fourth-order valence-electron chi connectivity index (χ4n) is 1.85. The first kappa shape index (κ1) is 15.8. The number of benzene rings is 2. The van der Waals surface area contributed by atoms with E-state index in [4.69, 9.17) is 4.74 Å². The lowest BCUT2D eigenvalue weighted by Crippen LogP contribution is -2.16. The highest BCUT2D eigenvalue weighted by Crippen LogP contribution is 2.13. The van der Waals surface area contributed by atoms with Gasteiger partial charge in [-0.1, -0.05) is 37.3 Å². The van der Waals surface area contributed by atoms with Gasteiger partial charge >= 0.3 is 0 Å². The van der Waals surface area contributed by atoms with Crippen molar-refractivity contribution in [2.75, 3.05) is 0 Å². The molecule has 0 aliphatic heterocycles. The summed E-state index contributed by atoms with van der Waals surface area (Å²) < 4.78 is 5.71. The quantitative estimate of drug-likeness (QED) is 0.628. The third-order valence-corrected chi connectivity index (χ3v) is 3.01. The first-order valence-corrected chi connectivity index (χ1v) is 7.36. The van der Waals surface area contributed by atoms with Crippen molar-refractivity contribution in [3.63, 3.8) is 0 Å². The Hall–Kier alpha value is -2.62. The van der Waals surface area contributed by atoms with Crippen molar-refractivity contribution in [1.29, 1.82) is 0 Å². The Balaban J connectivity index is 1.82. The highest BCUT2D eigenvalue weighted by Gasteiger charge is 1.97. The first-order chi connectivity index (χ1) is 10.8. The molecule has 1 N–H and O–H groups in total. The van der Waals surface area contributed by atoms with Crippen molar-refractivity contribution >= 4 is 12.1 Å². The van der Waals surface area contributed by atoms with Crippen LogP contribution in [0, 0.1) is 0 Å². The number of ether oxygens (including phenoxy) is 1. The van der Waals surface area contributed by atoms with E-state index in [1.165, 1.54) is 0 Å². The number of hydrazone groups is 1. The number of hydrogen-bond donors (Lipinski definition) is 1. The SMILES string of the molecule is CCCC(=O)N/N=C/c1ccc(OCc2ccccc2)cc1. The van der Waals surface area contributed by atoms with Crippen molar-refractivity contribution < 1.29 is 9.53 Å². The normalized spacial score (nSPS) is 10.6. The van der Waals surface area contributed by atoms with E-state index in [9.17, 15) is 4.79 Å². The van der Waals surface area contributed by atoms with Crippen molar-refractivity contribution in [2.24, 2.45) is 5.10 Å². The third kappa shape index (κ3) is 5.40. The van der Waals surface area contributed by atoms with Gasteiger partial charge < -0.3 is 4.74 Å². The molecule has 114 valence electrons. The molecular weight excluding hydrogens is 276 g/mol. The zero-order valence-electron chi connectivity index (χ0n) is 12.7. The van der Waals surface area contributed by atoms with Gasteiger partial charge in [0.15, 0.2) is 0 Å². The van der Waals surface area contributed by atoms with Gasteiger partial charge in [-0.05, 0) is 41.8 Å². The summed E-state index contributed by atoms with van der Waals surface area (Å²) in [6, 6.07) is 17.6. The molecule has 2 aromatic carbocycles. The molecule has 0 unspecified atom stereocenters. The van der Waals surface area contributed by atoms with E-state index in [0.717, 1.165) is 23.3 Å². The van der Waals surface area contributed by atoms with Gasteiger partial charge in [0.2, 0.25) is 5.91 Å². The van der Waals surface area contributed by atoms with E-state index in [1.807, 2.05) is 61.5 Å². The zero-order chi connectivity index (χ0) is 15.6. The minimum Gasteiger partial charge on any atom is -0.489 e.